The van der Waals surface area contributed by atoms with Crippen LogP contribution in [0.25, 0.3) is 22.3 Å². The standard InChI is InChI=1S/C19H20IN5O/c1-19(5-6-19)26-13-2-3-15-14(8-13)18(24-23-15)16-9-17(22-11-21-16)25-7-4-12(20)10-25/h2-3,8-9,11-12H,4-7,10H2,1H3,(H,23,24). The summed E-state index contributed by atoms with van der Waals surface area (Å²) in [7, 11) is 0. The van der Waals surface area contributed by atoms with Crippen LogP contribution in [0.2, 0.25) is 0 Å². The lowest BCUT2D eigenvalue weighted by atomic mass is 10.1. The number of anilines is 1. The van der Waals surface area contributed by atoms with Crippen LogP contribution in [0.3, 0.4) is 0 Å². The molecule has 0 radical (unpaired) electrons. The quantitative estimate of drug-likeness (QED) is 0.471. The van der Waals surface area contributed by atoms with Crippen LogP contribution in [0.15, 0.2) is 30.6 Å². The number of benzene rings is 1. The summed E-state index contributed by atoms with van der Waals surface area (Å²) in [5.74, 6) is 1.87. The first-order valence-electron chi connectivity index (χ1n) is 8.98. The average Bonchev–Trinajstić information content (AvgIpc) is 3.05. The molecule has 1 aliphatic carbocycles. The topological polar surface area (TPSA) is 66.9 Å². The van der Waals surface area contributed by atoms with Crippen molar-refractivity contribution >= 4 is 39.3 Å². The Morgan fingerprint density at radius 3 is 2.92 bits per heavy atom. The van der Waals surface area contributed by atoms with Gasteiger partial charge in [-0.15, -0.1) is 0 Å². The molecule has 0 spiro atoms. The molecule has 134 valence electrons. The molecule has 1 atom stereocenters. The summed E-state index contributed by atoms with van der Waals surface area (Å²) >= 11 is 2.51. The first-order valence-corrected chi connectivity index (χ1v) is 10.2. The summed E-state index contributed by atoms with van der Waals surface area (Å²) in [6.45, 7) is 4.23. The first kappa shape index (κ1) is 16.3. The Hall–Kier alpha value is -1.90. The van der Waals surface area contributed by atoms with Gasteiger partial charge in [0.2, 0.25) is 0 Å². The van der Waals surface area contributed by atoms with Gasteiger partial charge in [-0.2, -0.15) is 5.10 Å². The molecule has 5 rings (SSSR count). The number of fused-ring (bicyclic) bond motifs is 1. The number of hydrogen-bond donors (Lipinski definition) is 1. The molecule has 2 fully saturated rings. The molecule has 2 aromatic heterocycles. The third kappa shape index (κ3) is 3.02. The van der Waals surface area contributed by atoms with Crippen molar-refractivity contribution in [3.8, 4) is 17.1 Å². The Morgan fingerprint density at radius 2 is 2.15 bits per heavy atom. The van der Waals surface area contributed by atoms with Crippen LogP contribution < -0.4 is 9.64 Å². The highest BCUT2D eigenvalue weighted by atomic mass is 127. The fourth-order valence-electron chi connectivity index (χ4n) is 3.39. The molecule has 2 aliphatic rings. The van der Waals surface area contributed by atoms with Gasteiger partial charge in [0.1, 0.15) is 29.2 Å². The minimum Gasteiger partial charge on any atom is -0.488 e. The fraction of sp³-hybridized carbons (Fsp3) is 0.421. The lowest BCUT2D eigenvalue weighted by Gasteiger charge is -2.16. The maximum atomic E-state index is 6.11. The van der Waals surface area contributed by atoms with Crippen molar-refractivity contribution in [2.24, 2.45) is 0 Å². The second-order valence-electron chi connectivity index (χ2n) is 7.42. The Balaban J connectivity index is 1.51. The van der Waals surface area contributed by atoms with Crippen LogP contribution in [-0.4, -0.2) is 42.8 Å². The van der Waals surface area contributed by atoms with Gasteiger partial charge < -0.3 is 9.64 Å². The van der Waals surface area contributed by atoms with Gasteiger partial charge in [-0.05, 0) is 44.4 Å². The highest BCUT2D eigenvalue weighted by Gasteiger charge is 2.40. The number of nitrogens with one attached hydrogen (secondary N) is 1. The van der Waals surface area contributed by atoms with Gasteiger partial charge in [0.25, 0.3) is 0 Å². The van der Waals surface area contributed by atoms with Gasteiger partial charge in [0.15, 0.2) is 0 Å². The van der Waals surface area contributed by atoms with E-state index in [0.717, 1.165) is 59.8 Å². The Morgan fingerprint density at radius 1 is 1.27 bits per heavy atom. The number of nitrogens with zero attached hydrogens (tertiary/aromatic N) is 4. The number of aromatic amines is 1. The molecule has 3 aromatic rings. The minimum absolute atomic E-state index is 0.00535. The van der Waals surface area contributed by atoms with Crippen molar-refractivity contribution < 1.29 is 4.74 Å². The maximum absolute atomic E-state index is 6.11. The summed E-state index contributed by atoms with van der Waals surface area (Å²) in [5.41, 5.74) is 2.68. The first-order chi connectivity index (χ1) is 12.6. The van der Waals surface area contributed by atoms with Crippen molar-refractivity contribution in [2.45, 2.75) is 35.7 Å². The Labute approximate surface area is 165 Å². The molecular formula is C19H20IN5O. The number of rotatable bonds is 4. The largest absolute Gasteiger partial charge is 0.488 e. The second-order valence-corrected chi connectivity index (χ2v) is 9.19. The molecule has 1 N–H and O–H groups in total. The summed E-state index contributed by atoms with van der Waals surface area (Å²) < 4.78 is 6.80. The van der Waals surface area contributed by atoms with Crippen molar-refractivity contribution in [2.75, 3.05) is 18.0 Å². The number of ether oxygens (including phenoxy) is 1. The van der Waals surface area contributed by atoms with E-state index in [4.69, 9.17) is 4.74 Å². The van der Waals surface area contributed by atoms with Crippen LogP contribution in [-0.2, 0) is 0 Å². The third-order valence-electron chi connectivity index (χ3n) is 5.20. The van der Waals surface area contributed by atoms with Crippen LogP contribution in [0.4, 0.5) is 5.82 Å². The van der Waals surface area contributed by atoms with Gasteiger partial charge in [-0.25, -0.2) is 9.97 Å². The third-order valence-corrected chi connectivity index (χ3v) is 6.22. The number of aromatic nitrogens is 4. The van der Waals surface area contributed by atoms with E-state index in [9.17, 15) is 0 Å². The van der Waals surface area contributed by atoms with Gasteiger partial charge in [-0.3, -0.25) is 5.10 Å². The highest BCUT2D eigenvalue weighted by molar-refractivity contribution is 14.1. The summed E-state index contributed by atoms with van der Waals surface area (Å²) in [6, 6.07) is 8.14. The predicted molar refractivity (Wildman–Crippen MR) is 110 cm³/mol. The molecule has 1 aromatic carbocycles. The molecule has 0 amide bonds. The van der Waals surface area contributed by atoms with E-state index in [-0.39, 0.29) is 5.60 Å². The van der Waals surface area contributed by atoms with Crippen molar-refractivity contribution in [3.05, 3.63) is 30.6 Å². The van der Waals surface area contributed by atoms with E-state index < -0.39 is 0 Å². The van der Waals surface area contributed by atoms with E-state index >= 15 is 0 Å². The molecule has 6 nitrogen and oxygen atoms in total. The molecular weight excluding hydrogens is 441 g/mol. The smallest absolute Gasteiger partial charge is 0.132 e. The predicted octanol–water partition coefficient (Wildman–Crippen LogP) is 3.96. The molecule has 1 aliphatic heterocycles. The number of H-pyrrole nitrogens is 1. The second kappa shape index (κ2) is 6.07. The zero-order chi connectivity index (χ0) is 17.7. The van der Waals surface area contributed by atoms with Crippen molar-refractivity contribution in [1.82, 2.24) is 20.2 Å². The zero-order valence-corrected chi connectivity index (χ0v) is 16.7. The van der Waals surface area contributed by atoms with Gasteiger partial charge in [-0.1, -0.05) is 22.6 Å². The van der Waals surface area contributed by atoms with E-state index in [1.807, 2.05) is 18.2 Å². The highest BCUT2D eigenvalue weighted by Crippen LogP contribution is 2.40. The van der Waals surface area contributed by atoms with E-state index in [2.05, 4.69) is 60.6 Å². The van der Waals surface area contributed by atoms with Gasteiger partial charge >= 0.3 is 0 Å². The monoisotopic (exact) mass is 461 g/mol. The van der Waals surface area contributed by atoms with Crippen molar-refractivity contribution in [3.63, 3.8) is 0 Å². The molecule has 1 unspecified atom stereocenters. The normalized spacial score (nSPS) is 21.3. The Bertz CT molecular complexity index is 967. The van der Waals surface area contributed by atoms with E-state index in [1.54, 1.807) is 6.33 Å². The number of hydrogen-bond acceptors (Lipinski definition) is 5. The molecule has 1 saturated heterocycles. The Kier molecular flexibility index (Phi) is 3.80. The minimum atomic E-state index is 0.00535. The lowest BCUT2D eigenvalue weighted by Crippen LogP contribution is -2.20. The zero-order valence-electron chi connectivity index (χ0n) is 14.6. The van der Waals surface area contributed by atoms with E-state index in [0.29, 0.717) is 3.92 Å². The van der Waals surface area contributed by atoms with Crippen LogP contribution >= 0.6 is 22.6 Å². The SMILES string of the molecule is CC1(Oc2ccc3[nH]nc(-c4cc(N5CCC(I)C5)ncn4)c3c2)CC1. The number of alkyl halides is 1. The van der Waals surface area contributed by atoms with Crippen LogP contribution in [0.1, 0.15) is 26.2 Å². The average molecular weight is 461 g/mol. The molecule has 26 heavy (non-hydrogen) atoms. The summed E-state index contributed by atoms with van der Waals surface area (Å²) in [4.78, 5) is 11.3. The van der Waals surface area contributed by atoms with Crippen molar-refractivity contribution in [1.29, 1.82) is 0 Å². The fourth-order valence-corrected chi connectivity index (χ4v) is 4.14. The van der Waals surface area contributed by atoms with Gasteiger partial charge in [0.05, 0.1) is 11.2 Å². The van der Waals surface area contributed by atoms with Crippen LogP contribution in [0.5, 0.6) is 5.75 Å². The van der Waals surface area contributed by atoms with Gasteiger partial charge in [0, 0.05) is 28.5 Å². The number of halogens is 1. The lowest BCUT2D eigenvalue weighted by molar-refractivity contribution is 0.200. The molecule has 0 bridgehead atoms. The molecule has 1 saturated carbocycles. The van der Waals surface area contributed by atoms with Crippen LogP contribution in [0, 0.1) is 0 Å². The molecule has 3 heterocycles. The summed E-state index contributed by atoms with van der Waals surface area (Å²) in [5, 5.41) is 8.65. The maximum Gasteiger partial charge on any atom is 0.132 e. The van der Waals surface area contributed by atoms with E-state index in [1.165, 1.54) is 6.42 Å². The summed E-state index contributed by atoms with van der Waals surface area (Å²) in [6.07, 6.45) is 5.07. The molecule has 7 heteroatoms.